The van der Waals surface area contributed by atoms with Crippen LogP contribution in [-0.2, 0) is 0 Å². The van der Waals surface area contributed by atoms with Crippen LogP contribution < -0.4 is 0 Å². The van der Waals surface area contributed by atoms with Crippen LogP contribution in [0.5, 0.6) is 0 Å². The molecule has 0 aromatic carbocycles. The van der Waals surface area contributed by atoms with Crippen molar-refractivity contribution in [2.75, 3.05) is 13.1 Å². The molecule has 0 aliphatic heterocycles. The van der Waals surface area contributed by atoms with Gasteiger partial charge in [-0.3, -0.25) is 9.78 Å². The molecule has 1 fully saturated rings. The number of amides is 1. The van der Waals surface area contributed by atoms with Crippen LogP contribution in [0.15, 0.2) is 18.3 Å². The maximum Gasteiger partial charge on any atom is 0.256 e. The van der Waals surface area contributed by atoms with Crippen LogP contribution >= 0.6 is 0 Å². The molecule has 0 unspecified atom stereocenters. The van der Waals surface area contributed by atoms with E-state index in [9.17, 15) is 4.79 Å². The monoisotopic (exact) mass is 228 g/mol. The first kappa shape index (κ1) is 11.7. The van der Waals surface area contributed by atoms with Gasteiger partial charge in [-0.25, -0.2) is 0 Å². The van der Waals surface area contributed by atoms with Crippen molar-refractivity contribution < 1.29 is 4.79 Å². The fraction of sp³-hybridized carbons (Fsp3) is 0.429. The maximum atomic E-state index is 12.2. The minimum atomic E-state index is -0.0117. The van der Waals surface area contributed by atoms with Crippen molar-refractivity contribution in [1.82, 2.24) is 9.88 Å². The number of carbonyl (C=O) groups excluding carboxylic acids is 1. The number of pyridine rings is 1. The van der Waals surface area contributed by atoms with Crippen molar-refractivity contribution in [3.8, 4) is 12.3 Å². The summed E-state index contributed by atoms with van der Waals surface area (Å²) in [6.45, 7) is 3.05. The van der Waals surface area contributed by atoms with Crippen molar-refractivity contribution in [2.45, 2.75) is 19.8 Å². The van der Waals surface area contributed by atoms with Crippen LogP contribution in [0.25, 0.3) is 0 Å². The third-order valence-electron chi connectivity index (χ3n) is 2.90. The molecule has 1 aliphatic rings. The van der Waals surface area contributed by atoms with Gasteiger partial charge in [-0.1, -0.05) is 5.92 Å². The van der Waals surface area contributed by atoms with Gasteiger partial charge in [0.2, 0.25) is 0 Å². The summed E-state index contributed by atoms with van der Waals surface area (Å²) >= 11 is 0. The molecule has 1 saturated carbocycles. The fourth-order valence-corrected chi connectivity index (χ4v) is 1.72. The zero-order valence-electron chi connectivity index (χ0n) is 10.0. The number of aryl methyl sites for hydroxylation is 1. The highest BCUT2D eigenvalue weighted by Crippen LogP contribution is 2.30. The van der Waals surface area contributed by atoms with Gasteiger partial charge in [0, 0.05) is 18.4 Å². The average molecular weight is 228 g/mol. The molecule has 88 valence electrons. The third-order valence-corrected chi connectivity index (χ3v) is 2.90. The van der Waals surface area contributed by atoms with Crippen molar-refractivity contribution >= 4 is 5.91 Å². The molecular weight excluding hydrogens is 212 g/mol. The van der Waals surface area contributed by atoms with E-state index in [1.54, 1.807) is 17.2 Å². The number of carbonyl (C=O) groups is 1. The van der Waals surface area contributed by atoms with E-state index in [-0.39, 0.29) is 5.91 Å². The molecule has 1 aromatic rings. The predicted molar refractivity (Wildman–Crippen MR) is 66.4 cm³/mol. The number of terminal acetylenes is 1. The van der Waals surface area contributed by atoms with Crippen molar-refractivity contribution in [3.63, 3.8) is 0 Å². The summed E-state index contributed by atoms with van der Waals surface area (Å²) < 4.78 is 0. The summed E-state index contributed by atoms with van der Waals surface area (Å²) in [6, 6.07) is 3.65. The molecule has 0 N–H and O–H groups in total. The van der Waals surface area contributed by atoms with E-state index in [0.29, 0.717) is 18.0 Å². The number of rotatable bonds is 4. The topological polar surface area (TPSA) is 33.2 Å². The van der Waals surface area contributed by atoms with Crippen molar-refractivity contribution in [1.29, 1.82) is 0 Å². The van der Waals surface area contributed by atoms with Crippen LogP contribution in [0.3, 0.4) is 0 Å². The SMILES string of the molecule is C#CCN(CC1CC1)C(=O)c1ccc(C)nc1. The quantitative estimate of drug-likeness (QED) is 0.737. The normalized spacial score (nSPS) is 14.1. The van der Waals surface area contributed by atoms with E-state index in [1.807, 2.05) is 13.0 Å². The van der Waals surface area contributed by atoms with Crippen LogP contribution in [-0.4, -0.2) is 28.9 Å². The van der Waals surface area contributed by atoms with E-state index in [1.165, 1.54) is 12.8 Å². The van der Waals surface area contributed by atoms with Crippen LogP contribution in [0, 0.1) is 25.2 Å². The molecule has 0 atom stereocenters. The van der Waals surface area contributed by atoms with Gasteiger partial charge in [-0.2, -0.15) is 0 Å². The molecule has 1 aromatic heterocycles. The Labute approximate surface area is 102 Å². The third kappa shape index (κ3) is 3.07. The van der Waals surface area contributed by atoms with Gasteiger partial charge < -0.3 is 4.90 Å². The van der Waals surface area contributed by atoms with Gasteiger partial charge in [-0.15, -0.1) is 6.42 Å². The number of nitrogens with zero attached hydrogens (tertiary/aromatic N) is 2. The van der Waals surface area contributed by atoms with Gasteiger partial charge in [0.05, 0.1) is 12.1 Å². The smallest absolute Gasteiger partial charge is 0.256 e. The minimum absolute atomic E-state index is 0.0117. The van der Waals surface area contributed by atoms with E-state index in [2.05, 4.69) is 10.9 Å². The number of aromatic nitrogens is 1. The molecule has 1 aliphatic carbocycles. The molecule has 0 bridgehead atoms. The first-order valence-corrected chi connectivity index (χ1v) is 5.86. The lowest BCUT2D eigenvalue weighted by Crippen LogP contribution is -2.33. The van der Waals surface area contributed by atoms with Gasteiger partial charge >= 0.3 is 0 Å². The number of hydrogen-bond acceptors (Lipinski definition) is 2. The van der Waals surface area contributed by atoms with E-state index >= 15 is 0 Å². The summed E-state index contributed by atoms with van der Waals surface area (Å²) in [5.41, 5.74) is 1.53. The Bertz CT molecular complexity index is 440. The number of hydrogen-bond donors (Lipinski definition) is 0. The largest absolute Gasteiger partial charge is 0.327 e. The Balaban J connectivity index is 2.09. The van der Waals surface area contributed by atoms with Gasteiger partial charge in [0.15, 0.2) is 0 Å². The van der Waals surface area contributed by atoms with Gasteiger partial charge in [-0.05, 0) is 37.8 Å². The molecular formula is C14H16N2O. The first-order valence-electron chi connectivity index (χ1n) is 5.86. The maximum absolute atomic E-state index is 12.2. The molecule has 3 heteroatoms. The Kier molecular flexibility index (Phi) is 3.43. The summed E-state index contributed by atoms with van der Waals surface area (Å²) in [5, 5.41) is 0. The summed E-state index contributed by atoms with van der Waals surface area (Å²) in [5.74, 6) is 3.18. The fourth-order valence-electron chi connectivity index (χ4n) is 1.72. The summed E-state index contributed by atoms with van der Waals surface area (Å²) in [7, 11) is 0. The summed E-state index contributed by atoms with van der Waals surface area (Å²) in [6.07, 6.45) is 9.34. The highest BCUT2D eigenvalue weighted by Gasteiger charge is 2.26. The van der Waals surface area contributed by atoms with Crippen LogP contribution in [0.2, 0.25) is 0 Å². The standard InChI is InChI=1S/C14H16N2O/c1-3-8-16(10-12-5-6-12)14(17)13-7-4-11(2)15-9-13/h1,4,7,9,12H,5-6,8,10H2,2H3. The van der Waals surface area contributed by atoms with E-state index in [0.717, 1.165) is 12.2 Å². The van der Waals surface area contributed by atoms with Crippen LogP contribution in [0.4, 0.5) is 0 Å². The lowest BCUT2D eigenvalue weighted by molar-refractivity contribution is 0.0769. The molecule has 0 saturated heterocycles. The molecule has 3 nitrogen and oxygen atoms in total. The zero-order valence-corrected chi connectivity index (χ0v) is 10.0. The highest BCUT2D eigenvalue weighted by atomic mass is 16.2. The second-order valence-electron chi connectivity index (χ2n) is 4.52. The molecule has 0 spiro atoms. The molecule has 1 amide bonds. The van der Waals surface area contributed by atoms with E-state index in [4.69, 9.17) is 6.42 Å². The van der Waals surface area contributed by atoms with Crippen molar-refractivity contribution in [3.05, 3.63) is 29.6 Å². The van der Waals surface area contributed by atoms with Crippen LogP contribution in [0.1, 0.15) is 28.9 Å². The van der Waals surface area contributed by atoms with E-state index < -0.39 is 0 Å². The Morgan fingerprint density at radius 2 is 2.35 bits per heavy atom. The molecule has 17 heavy (non-hydrogen) atoms. The second-order valence-corrected chi connectivity index (χ2v) is 4.52. The molecule has 0 radical (unpaired) electrons. The summed E-state index contributed by atoms with van der Waals surface area (Å²) in [4.78, 5) is 18.1. The highest BCUT2D eigenvalue weighted by molar-refractivity contribution is 5.94. The molecule has 2 rings (SSSR count). The predicted octanol–water partition coefficient (Wildman–Crippen LogP) is 1.88. The first-order chi connectivity index (χ1) is 8.20. The lowest BCUT2D eigenvalue weighted by atomic mass is 10.2. The molecule has 1 heterocycles. The van der Waals surface area contributed by atoms with Gasteiger partial charge in [0.25, 0.3) is 5.91 Å². The Morgan fingerprint density at radius 3 is 2.88 bits per heavy atom. The van der Waals surface area contributed by atoms with Crippen molar-refractivity contribution in [2.24, 2.45) is 5.92 Å². The second kappa shape index (κ2) is 5.01. The minimum Gasteiger partial charge on any atom is -0.327 e. The van der Waals surface area contributed by atoms with Gasteiger partial charge in [0.1, 0.15) is 0 Å². The lowest BCUT2D eigenvalue weighted by Gasteiger charge is -2.19. The Morgan fingerprint density at radius 1 is 1.59 bits per heavy atom. The Hall–Kier alpha value is -1.82. The average Bonchev–Trinajstić information content (AvgIpc) is 3.13. The zero-order chi connectivity index (χ0) is 12.3.